The van der Waals surface area contributed by atoms with E-state index in [-0.39, 0.29) is 42.6 Å². The van der Waals surface area contributed by atoms with Gasteiger partial charge in [0.2, 0.25) is 11.8 Å². The molecule has 1 aliphatic carbocycles. The zero-order chi connectivity index (χ0) is 23.5. The number of carbonyl (C=O) groups excluding carboxylic acids is 3. The minimum absolute atomic E-state index is 0.0211. The number of carbonyl (C=O) groups is 3. The number of hydrogen-bond acceptors (Lipinski definition) is 8. The number of rotatable bonds is 6. The number of halogens is 1. The van der Waals surface area contributed by atoms with Crippen molar-refractivity contribution in [3.63, 3.8) is 0 Å². The maximum absolute atomic E-state index is 13.4. The third-order valence-electron chi connectivity index (χ3n) is 5.92. The molecule has 10 nitrogen and oxygen atoms in total. The first kappa shape index (κ1) is 24.0. The van der Waals surface area contributed by atoms with Gasteiger partial charge >= 0.3 is 5.97 Å². The predicted molar refractivity (Wildman–Crippen MR) is 111 cm³/mol. The number of nitrogens with two attached hydrogens (primary N) is 1. The molecule has 2 amide bonds. The van der Waals surface area contributed by atoms with Gasteiger partial charge in [-0.2, -0.15) is 5.26 Å². The zero-order valence-electron chi connectivity index (χ0n) is 17.0. The van der Waals surface area contributed by atoms with Gasteiger partial charge in [-0.25, -0.2) is 8.42 Å². The smallest absolute Gasteiger partial charge is 0.323 e. The van der Waals surface area contributed by atoms with Crippen LogP contribution in [0, 0.1) is 22.7 Å². The Morgan fingerprint density at radius 3 is 2.53 bits per heavy atom. The van der Waals surface area contributed by atoms with Gasteiger partial charge in [0.25, 0.3) is 0 Å². The molecule has 1 saturated heterocycles. The van der Waals surface area contributed by atoms with Crippen molar-refractivity contribution in [2.45, 2.75) is 23.0 Å². The Labute approximate surface area is 190 Å². The fourth-order valence-electron chi connectivity index (χ4n) is 4.28. The largest absolute Gasteiger partial charge is 0.449 e. The summed E-state index contributed by atoms with van der Waals surface area (Å²) in [7, 11) is -4.13. The lowest BCUT2D eigenvalue weighted by Crippen LogP contribution is -2.54. The SMILES string of the molecule is N#CCOC(=O)[C@]1(C(N)=O)C[C@H](S(=O)(=O)c2ccccc2Cl)C[C@H]1C(=O)N1CCOCC1. The van der Waals surface area contributed by atoms with Crippen molar-refractivity contribution in [3.8, 4) is 6.07 Å². The van der Waals surface area contributed by atoms with Crippen molar-refractivity contribution >= 4 is 39.2 Å². The van der Waals surface area contributed by atoms with E-state index in [0.29, 0.717) is 0 Å². The van der Waals surface area contributed by atoms with Crippen LogP contribution in [0.4, 0.5) is 0 Å². The Bertz CT molecular complexity index is 1070. The molecular weight excluding hydrogens is 462 g/mol. The highest BCUT2D eigenvalue weighted by Gasteiger charge is 2.64. The van der Waals surface area contributed by atoms with Crippen LogP contribution in [0.5, 0.6) is 0 Å². The van der Waals surface area contributed by atoms with E-state index in [0.717, 1.165) is 0 Å². The molecule has 0 spiro atoms. The number of amides is 2. The van der Waals surface area contributed by atoms with Crippen LogP contribution in [0.2, 0.25) is 5.02 Å². The van der Waals surface area contributed by atoms with Crippen molar-refractivity contribution in [3.05, 3.63) is 29.3 Å². The Morgan fingerprint density at radius 2 is 1.94 bits per heavy atom. The fourth-order valence-corrected chi connectivity index (χ4v) is 6.63. The summed E-state index contributed by atoms with van der Waals surface area (Å²) in [6.45, 7) is 0.303. The molecule has 1 heterocycles. The first-order chi connectivity index (χ1) is 15.2. The molecule has 0 radical (unpaired) electrons. The molecule has 2 N–H and O–H groups in total. The molecule has 1 aromatic carbocycles. The third-order valence-corrected chi connectivity index (χ3v) is 8.57. The maximum Gasteiger partial charge on any atom is 0.323 e. The van der Waals surface area contributed by atoms with Crippen LogP contribution < -0.4 is 5.73 Å². The van der Waals surface area contributed by atoms with Crippen LogP contribution in [0.1, 0.15) is 12.8 Å². The van der Waals surface area contributed by atoms with Crippen LogP contribution in [0.15, 0.2) is 29.2 Å². The highest BCUT2D eigenvalue weighted by atomic mass is 35.5. The normalized spacial score (nSPS) is 25.7. The lowest BCUT2D eigenvalue weighted by atomic mass is 9.76. The van der Waals surface area contributed by atoms with E-state index >= 15 is 0 Å². The van der Waals surface area contributed by atoms with Crippen LogP contribution in [0.3, 0.4) is 0 Å². The Morgan fingerprint density at radius 1 is 1.28 bits per heavy atom. The zero-order valence-corrected chi connectivity index (χ0v) is 18.6. The molecule has 12 heteroatoms. The van der Waals surface area contributed by atoms with E-state index in [9.17, 15) is 22.8 Å². The maximum atomic E-state index is 13.4. The average molecular weight is 484 g/mol. The second-order valence-electron chi connectivity index (χ2n) is 7.60. The van der Waals surface area contributed by atoms with Crippen LogP contribution in [-0.2, 0) is 33.7 Å². The quantitative estimate of drug-likeness (QED) is 0.446. The fraction of sp³-hybridized carbons (Fsp3) is 0.500. The van der Waals surface area contributed by atoms with Gasteiger partial charge in [-0.15, -0.1) is 0 Å². The van der Waals surface area contributed by atoms with Gasteiger partial charge in [-0.3, -0.25) is 14.4 Å². The first-order valence-electron chi connectivity index (χ1n) is 9.85. The number of primary amides is 1. The van der Waals surface area contributed by atoms with Crippen LogP contribution in [0.25, 0.3) is 0 Å². The number of sulfone groups is 1. The number of ether oxygens (including phenoxy) is 2. The van der Waals surface area contributed by atoms with Crippen molar-refractivity contribution in [2.75, 3.05) is 32.9 Å². The van der Waals surface area contributed by atoms with E-state index in [1.807, 2.05) is 0 Å². The van der Waals surface area contributed by atoms with Crippen LogP contribution >= 0.6 is 11.6 Å². The average Bonchev–Trinajstić information content (AvgIpc) is 3.21. The van der Waals surface area contributed by atoms with Gasteiger partial charge in [-0.1, -0.05) is 23.7 Å². The molecule has 1 aromatic rings. The molecule has 3 rings (SSSR count). The number of morpholine rings is 1. The molecule has 1 aliphatic heterocycles. The summed E-state index contributed by atoms with van der Waals surface area (Å²) >= 11 is 6.09. The van der Waals surface area contributed by atoms with E-state index in [2.05, 4.69) is 0 Å². The minimum Gasteiger partial charge on any atom is -0.449 e. The molecule has 32 heavy (non-hydrogen) atoms. The number of benzene rings is 1. The number of hydrogen-bond donors (Lipinski definition) is 1. The Kier molecular flexibility index (Phi) is 7.07. The first-order valence-corrected chi connectivity index (χ1v) is 11.8. The van der Waals surface area contributed by atoms with Gasteiger partial charge in [-0.05, 0) is 25.0 Å². The van der Waals surface area contributed by atoms with E-state index in [4.69, 9.17) is 32.1 Å². The summed E-state index contributed by atoms with van der Waals surface area (Å²) in [5.41, 5.74) is 3.37. The predicted octanol–water partition coefficient (Wildman–Crippen LogP) is 0.290. The van der Waals surface area contributed by atoms with E-state index in [1.165, 1.54) is 23.1 Å². The monoisotopic (exact) mass is 483 g/mol. The number of nitrogens with zero attached hydrogens (tertiary/aromatic N) is 2. The summed E-state index contributed by atoms with van der Waals surface area (Å²) in [4.78, 5) is 40.2. The molecule has 3 atom stereocenters. The summed E-state index contributed by atoms with van der Waals surface area (Å²) in [6, 6.07) is 7.39. The summed E-state index contributed by atoms with van der Waals surface area (Å²) in [5, 5.41) is 7.46. The molecule has 172 valence electrons. The topological polar surface area (TPSA) is 157 Å². The second kappa shape index (κ2) is 9.44. The molecule has 2 fully saturated rings. The van der Waals surface area contributed by atoms with Crippen molar-refractivity contribution in [1.29, 1.82) is 5.26 Å². The van der Waals surface area contributed by atoms with E-state index in [1.54, 1.807) is 12.1 Å². The third kappa shape index (κ3) is 4.18. The van der Waals surface area contributed by atoms with Crippen molar-refractivity contribution in [1.82, 2.24) is 4.90 Å². The number of esters is 1. The molecule has 1 saturated carbocycles. The van der Waals surface area contributed by atoms with Gasteiger partial charge in [0.05, 0.1) is 34.3 Å². The molecule has 0 bridgehead atoms. The Balaban J connectivity index is 2.06. The second-order valence-corrected chi connectivity index (χ2v) is 10.2. The minimum atomic E-state index is -4.13. The lowest BCUT2D eigenvalue weighted by Gasteiger charge is -2.34. The van der Waals surface area contributed by atoms with Gasteiger partial charge in [0, 0.05) is 13.1 Å². The summed E-state index contributed by atoms with van der Waals surface area (Å²) < 4.78 is 36.8. The van der Waals surface area contributed by atoms with Crippen molar-refractivity contribution in [2.24, 2.45) is 17.1 Å². The molecular formula is C20H22ClN3O7S. The lowest BCUT2D eigenvalue weighted by molar-refractivity contribution is -0.167. The Hall–Kier alpha value is -2.68. The van der Waals surface area contributed by atoms with Crippen LogP contribution in [-0.4, -0.2) is 69.3 Å². The standard InChI is InChI=1S/C20H22ClN3O7S/c21-15-3-1-2-4-16(15)32(28,29)13-11-14(17(25)24-6-9-30-10-7-24)20(12-13,18(23)26)19(27)31-8-5-22/h1-4,13-14H,6-12H2,(H2,23,26)/t13-,14+,20-/m1/s1. The molecule has 0 aromatic heterocycles. The van der Waals surface area contributed by atoms with Crippen molar-refractivity contribution < 1.29 is 32.3 Å². The highest BCUT2D eigenvalue weighted by Crippen LogP contribution is 2.49. The molecule has 0 unspecified atom stereocenters. The number of nitriles is 1. The summed E-state index contributed by atoms with van der Waals surface area (Å²) in [5.74, 6) is -4.32. The highest BCUT2D eigenvalue weighted by molar-refractivity contribution is 7.92. The van der Waals surface area contributed by atoms with Gasteiger partial charge in [0.15, 0.2) is 21.9 Å². The van der Waals surface area contributed by atoms with E-state index < -0.39 is 57.2 Å². The van der Waals surface area contributed by atoms with Gasteiger partial charge in [0.1, 0.15) is 6.07 Å². The summed E-state index contributed by atoms with van der Waals surface area (Å²) in [6.07, 6.45) is -0.880. The molecule has 2 aliphatic rings. The van der Waals surface area contributed by atoms with Gasteiger partial charge < -0.3 is 20.1 Å².